The summed E-state index contributed by atoms with van der Waals surface area (Å²) in [5.74, 6) is -0.696. The first-order chi connectivity index (χ1) is 15.6. The molecule has 2 atom stereocenters. The summed E-state index contributed by atoms with van der Waals surface area (Å²) in [5, 5.41) is 8.98. The van der Waals surface area contributed by atoms with Gasteiger partial charge in [0.2, 0.25) is 0 Å². The van der Waals surface area contributed by atoms with Crippen LogP contribution < -0.4 is 0 Å². The topological polar surface area (TPSA) is 71.1 Å². The van der Waals surface area contributed by atoms with Crippen molar-refractivity contribution in [2.75, 3.05) is 0 Å². The molecule has 0 aliphatic rings. The summed E-state index contributed by atoms with van der Waals surface area (Å²) < 4.78 is 0. The zero-order chi connectivity index (χ0) is 26.4. The van der Waals surface area contributed by atoms with E-state index in [0.29, 0.717) is 12.3 Å². The van der Waals surface area contributed by atoms with E-state index in [4.69, 9.17) is 4.89 Å². The highest BCUT2D eigenvalue weighted by Gasteiger charge is 2.39. The van der Waals surface area contributed by atoms with E-state index in [1.54, 1.807) is 0 Å². The Morgan fingerprint density at radius 1 is 0.706 bits per heavy atom. The first-order valence-electron chi connectivity index (χ1n) is 13.3. The molecule has 0 aromatic heterocycles. The van der Waals surface area contributed by atoms with Crippen LogP contribution in [0.2, 0.25) is 0 Å². The second kappa shape index (κ2) is 15.8. The van der Waals surface area contributed by atoms with E-state index in [1.165, 1.54) is 0 Å². The monoisotopic (exact) mass is 486 g/mol. The Bertz CT molecular complexity index is 572. The zero-order valence-electron chi connectivity index (χ0n) is 23.9. The predicted molar refractivity (Wildman–Crippen MR) is 136 cm³/mol. The van der Waals surface area contributed by atoms with Crippen molar-refractivity contribution in [2.24, 2.45) is 28.1 Å². The van der Waals surface area contributed by atoms with Crippen LogP contribution in [-0.2, 0) is 29.4 Å². The van der Waals surface area contributed by atoms with Gasteiger partial charge in [-0.15, -0.1) is 0 Å². The number of unbranched alkanes of at least 4 members (excludes halogenated alkanes) is 1. The number of carbonyl (C=O) groups is 2. The molecule has 0 spiro atoms. The summed E-state index contributed by atoms with van der Waals surface area (Å²) in [7, 11) is 0. The average molecular weight is 487 g/mol. The van der Waals surface area contributed by atoms with Gasteiger partial charge >= 0.3 is 11.9 Å². The molecule has 6 heteroatoms. The highest BCUT2D eigenvalue weighted by molar-refractivity contribution is 5.72. The number of hydrogen-bond acceptors (Lipinski definition) is 6. The van der Waals surface area contributed by atoms with Crippen molar-refractivity contribution in [3.8, 4) is 0 Å². The molecule has 0 N–H and O–H groups in total. The van der Waals surface area contributed by atoms with E-state index in [2.05, 4.69) is 84.2 Å². The van der Waals surface area contributed by atoms with Gasteiger partial charge < -0.3 is 0 Å². The van der Waals surface area contributed by atoms with Crippen molar-refractivity contribution in [2.45, 2.75) is 140 Å². The maximum Gasteiger partial charge on any atom is 0.349 e. The largest absolute Gasteiger partial charge is 0.349 e. The van der Waals surface area contributed by atoms with Crippen LogP contribution in [0.1, 0.15) is 140 Å². The van der Waals surface area contributed by atoms with E-state index in [-0.39, 0.29) is 28.6 Å². The molecule has 6 nitrogen and oxygen atoms in total. The van der Waals surface area contributed by atoms with Gasteiger partial charge in [0.25, 0.3) is 0 Å². The van der Waals surface area contributed by atoms with Crippen LogP contribution in [0.25, 0.3) is 0 Å². The Morgan fingerprint density at radius 3 is 1.76 bits per heavy atom. The minimum atomic E-state index is -0.543. The third-order valence-corrected chi connectivity index (χ3v) is 6.71. The van der Waals surface area contributed by atoms with Crippen LogP contribution in [-0.4, -0.2) is 11.9 Å². The van der Waals surface area contributed by atoms with Crippen molar-refractivity contribution in [1.29, 1.82) is 0 Å². The minimum absolute atomic E-state index is 0.197. The number of rotatable bonds is 17. The summed E-state index contributed by atoms with van der Waals surface area (Å²) in [5.41, 5.74) is 0.245. The average Bonchev–Trinajstić information content (AvgIpc) is 2.69. The van der Waals surface area contributed by atoms with Crippen molar-refractivity contribution in [3.05, 3.63) is 0 Å². The summed E-state index contributed by atoms with van der Waals surface area (Å²) in [6, 6.07) is 0. The second-order valence-electron chi connectivity index (χ2n) is 13.1. The van der Waals surface area contributed by atoms with Crippen molar-refractivity contribution >= 4 is 11.9 Å². The first kappa shape index (κ1) is 32.9. The van der Waals surface area contributed by atoms with Crippen LogP contribution >= 0.6 is 0 Å². The van der Waals surface area contributed by atoms with Crippen LogP contribution in [0, 0.1) is 28.1 Å². The third kappa shape index (κ3) is 16.5. The standard InChI is InChI=1S/C28H54O6/c1-11-28(10,21-14-16-22(2)3)23(17-15-20-27(7,8)9)25(30)32-34-33-31-24(29)18-12-13-19-26(4,5)6/h22-23H,11-21H2,1-10H3. The summed E-state index contributed by atoms with van der Waals surface area (Å²) in [6.07, 6.45) is 9.56. The molecule has 2 unspecified atom stereocenters. The summed E-state index contributed by atoms with van der Waals surface area (Å²) in [6.45, 7) is 21.8. The highest BCUT2D eigenvalue weighted by Crippen LogP contribution is 2.41. The third-order valence-electron chi connectivity index (χ3n) is 6.71. The minimum Gasteiger partial charge on any atom is -0.266 e. The molecule has 202 valence electrons. The fourth-order valence-electron chi connectivity index (χ4n) is 4.22. The molecule has 0 heterocycles. The van der Waals surface area contributed by atoms with E-state index in [1.807, 2.05) is 0 Å². The van der Waals surface area contributed by atoms with Crippen molar-refractivity contribution in [1.82, 2.24) is 0 Å². The van der Waals surface area contributed by atoms with Gasteiger partial charge in [-0.25, -0.2) is 9.59 Å². The van der Waals surface area contributed by atoms with Gasteiger partial charge in [0.05, 0.1) is 5.92 Å². The maximum absolute atomic E-state index is 13.0. The lowest BCUT2D eigenvalue weighted by atomic mass is 9.69. The summed E-state index contributed by atoms with van der Waals surface area (Å²) >= 11 is 0. The lowest BCUT2D eigenvalue weighted by Gasteiger charge is -2.36. The quantitative estimate of drug-likeness (QED) is 0.116. The molecule has 0 radical (unpaired) electrons. The fourth-order valence-corrected chi connectivity index (χ4v) is 4.22. The SMILES string of the molecule is CCC(C)(CCCC(C)C)C(CCCC(C)(C)C)C(=O)OOOOC(=O)CCCCC(C)(C)C. The molecule has 0 amide bonds. The Morgan fingerprint density at radius 2 is 1.24 bits per heavy atom. The van der Waals surface area contributed by atoms with Crippen molar-refractivity contribution < 1.29 is 29.4 Å². The van der Waals surface area contributed by atoms with Crippen LogP contribution in [0.5, 0.6) is 0 Å². The molecule has 0 fully saturated rings. The van der Waals surface area contributed by atoms with E-state index in [9.17, 15) is 9.59 Å². The van der Waals surface area contributed by atoms with Gasteiger partial charge in [0.1, 0.15) is 0 Å². The Balaban J connectivity index is 4.75. The van der Waals surface area contributed by atoms with Crippen LogP contribution in [0.4, 0.5) is 0 Å². The highest BCUT2D eigenvalue weighted by atomic mass is 17.7. The molecule has 0 rings (SSSR count). The van der Waals surface area contributed by atoms with Gasteiger partial charge in [-0.3, -0.25) is 9.78 Å². The van der Waals surface area contributed by atoms with E-state index >= 15 is 0 Å². The molecule has 0 saturated heterocycles. The fraction of sp³-hybridized carbons (Fsp3) is 0.929. The van der Waals surface area contributed by atoms with Gasteiger partial charge in [0, 0.05) is 16.5 Å². The predicted octanol–water partition coefficient (Wildman–Crippen LogP) is 8.53. The lowest BCUT2D eigenvalue weighted by Crippen LogP contribution is -2.35. The Labute approximate surface area is 209 Å². The Kier molecular flexibility index (Phi) is 15.2. The lowest BCUT2D eigenvalue weighted by molar-refractivity contribution is -0.601. The number of hydrogen-bond donors (Lipinski definition) is 0. The van der Waals surface area contributed by atoms with Gasteiger partial charge in [-0.05, 0) is 60.7 Å². The van der Waals surface area contributed by atoms with Crippen LogP contribution in [0.15, 0.2) is 0 Å². The van der Waals surface area contributed by atoms with Crippen molar-refractivity contribution in [3.63, 3.8) is 0 Å². The molecule has 0 aromatic carbocycles. The molecule has 0 aromatic rings. The second-order valence-corrected chi connectivity index (χ2v) is 13.1. The Hall–Kier alpha value is -1.14. The zero-order valence-corrected chi connectivity index (χ0v) is 23.9. The van der Waals surface area contributed by atoms with E-state index in [0.717, 1.165) is 57.8 Å². The van der Waals surface area contributed by atoms with Gasteiger partial charge in [-0.1, -0.05) is 94.9 Å². The van der Waals surface area contributed by atoms with Crippen LogP contribution in [0.3, 0.4) is 0 Å². The number of carbonyl (C=O) groups excluding carboxylic acids is 2. The molecule has 0 saturated carbocycles. The first-order valence-corrected chi connectivity index (χ1v) is 13.3. The van der Waals surface area contributed by atoms with Gasteiger partial charge in [0.15, 0.2) is 0 Å². The summed E-state index contributed by atoms with van der Waals surface area (Å²) in [4.78, 5) is 34.3. The van der Waals surface area contributed by atoms with Gasteiger partial charge in [-0.2, -0.15) is 0 Å². The molecule has 0 bridgehead atoms. The maximum atomic E-state index is 13.0. The normalized spacial score (nSPS) is 15.1. The molecule has 34 heavy (non-hydrogen) atoms. The smallest absolute Gasteiger partial charge is 0.266 e. The molecule has 0 aliphatic heterocycles. The molecule has 0 aliphatic carbocycles. The molecular weight excluding hydrogens is 432 g/mol. The van der Waals surface area contributed by atoms with E-state index < -0.39 is 11.9 Å². The molecular formula is C28H54O6.